The van der Waals surface area contributed by atoms with Gasteiger partial charge in [0.25, 0.3) is 0 Å². The van der Waals surface area contributed by atoms with Crippen LogP contribution >= 0.6 is 0 Å². The molecule has 0 saturated heterocycles. The number of benzene rings is 2. The number of aryl methyl sites for hydroxylation is 1. The van der Waals surface area contributed by atoms with Crippen LogP contribution in [-0.2, 0) is 16.5 Å². The van der Waals surface area contributed by atoms with Gasteiger partial charge in [-0.3, -0.25) is 0 Å². The fourth-order valence-corrected chi connectivity index (χ4v) is 3.26. The first-order valence-electron chi connectivity index (χ1n) is 6.86. The number of rotatable bonds is 6. The molecule has 2 aromatic carbocycles. The quantitative estimate of drug-likeness (QED) is 0.597. The Morgan fingerprint density at radius 2 is 1.91 bits per heavy atom. The van der Waals surface area contributed by atoms with Crippen molar-refractivity contribution >= 4 is 10.1 Å². The van der Waals surface area contributed by atoms with Gasteiger partial charge in [-0.15, -0.1) is 6.58 Å². The van der Waals surface area contributed by atoms with E-state index in [9.17, 15) is 12.8 Å². The van der Waals surface area contributed by atoms with Crippen LogP contribution in [-0.4, -0.2) is 15.5 Å². The van der Waals surface area contributed by atoms with Crippen molar-refractivity contribution < 1.29 is 21.7 Å². The van der Waals surface area contributed by atoms with E-state index in [1.165, 1.54) is 25.3 Å². The van der Waals surface area contributed by atoms with E-state index in [1.54, 1.807) is 25.1 Å². The third kappa shape index (κ3) is 3.90. The zero-order chi connectivity index (χ0) is 17.0. The minimum absolute atomic E-state index is 0.0453. The lowest BCUT2D eigenvalue weighted by molar-refractivity contribution is 0.390. The molecule has 2 rings (SSSR count). The molecule has 4 nitrogen and oxygen atoms in total. The Balaban J connectivity index is 2.40. The van der Waals surface area contributed by atoms with Gasteiger partial charge in [-0.05, 0) is 48.7 Å². The predicted molar refractivity (Wildman–Crippen MR) is 85.8 cm³/mol. The van der Waals surface area contributed by atoms with Crippen LogP contribution in [0.5, 0.6) is 11.5 Å². The Morgan fingerprint density at radius 1 is 1.17 bits per heavy atom. The number of hydrogen-bond donors (Lipinski definition) is 0. The lowest BCUT2D eigenvalue weighted by Crippen LogP contribution is -2.12. The van der Waals surface area contributed by atoms with E-state index in [1.807, 2.05) is 0 Å². The molecule has 6 heteroatoms. The summed E-state index contributed by atoms with van der Waals surface area (Å²) in [4.78, 5) is -0.213. The van der Waals surface area contributed by atoms with E-state index in [0.29, 0.717) is 12.0 Å². The molecule has 0 radical (unpaired) electrons. The maximum Gasteiger partial charge on any atom is 0.339 e. The molecule has 23 heavy (non-hydrogen) atoms. The monoisotopic (exact) mass is 336 g/mol. The highest BCUT2D eigenvalue weighted by Crippen LogP contribution is 2.31. The van der Waals surface area contributed by atoms with Crippen LogP contribution in [0.15, 0.2) is 53.9 Å². The zero-order valence-corrected chi connectivity index (χ0v) is 13.7. The lowest BCUT2D eigenvalue weighted by atomic mass is 10.1. The molecule has 2 aromatic rings. The van der Waals surface area contributed by atoms with E-state index >= 15 is 0 Å². The van der Waals surface area contributed by atoms with Crippen LogP contribution in [0.2, 0.25) is 0 Å². The molecule has 0 amide bonds. The van der Waals surface area contributed by atoms with Crippen molar-refractivity contribution in [2.75, 3.05) is 7.11 Å². The number of ether oxygens (including phenoxy) is 1. The van der Waals surface area contributed by atoms with Crippen LogP contribution in [0, 0.1) is 12.7 Å². The molecule has 0 saturated carbocycles. The summed E-state index contributed by atoms with van der Waals surface area (Å²) >= 11 is 0. The fraction of sp³-hybridized carbons (Fsp3) is 0.176. The average Bonchev–Trinajstić information content (AvgIpc) is 2.51. The predicted octanol–water partition coefficient (Wildman–Crippen LogP) is 3.64. The Kier molecular flexibility index (Phi) is 5.05. The zero-order valence-electron chi connectivity index (χ0n) is 12.9. The maximum absolute atomic E-state index is 13.3. The van der Waals surface area contributed by atoms with E-state index in [2.05, 4.69) is 6.58 Å². The fourth-order valence-electron chi connectivity index (χ4n) is 2.08. The van der Waals surface area contributed by atoms with Crippen LogP contribution in [0.4, 0.5) is 4.39 Å². The Labute approximate surface area is 135 Å². The first-order valence-corrected chi connectivity index (χ1v) is 8.26. The van der Waals surface area contributed by atoms with E-state index in [4.69, 9.17) is 8.92 Å². The standard InChI is InChI=1S/C17H17FO4S/c1-4-5-13-7-9-15(16(10-13)21-3)22-23(19,20)17-11-14(18)8-6-12(17)2/h4,6-11H,1,5H2,2-3H3. The van der Waals surface area contributed by atoms with Crippen molar-refractivity contribution in [2.24, 2.45) is 0 Å². The van der Waals surface area contributed by atoms with Crippen molar-refractivity contribution in [3.63, 3.8) is 0 Å². The smallest absolute Gasteiger partial charge is 0.339 e. The minimum Gasteiger partial charge on any atom is -0.493 e. The van der Waals surface area contributed by atoms with Crippen LogP contribution in [0.25, 0.3) is 0 Å². The summed E-state index contributed by atoms with van der Waals surface area (Å²) in [7, 11) is -2.75. The number of allylic oxidation sites excluding steroid dienone is 1. The summed E-state index contributed by atoms with van der Waals surface area (Å²) in [6.45, 7) is 5.22. The highest BCUT2D eigenvalue weighted by molar-refractivity contribution is 7.87. The van der Waals surface area contributed by atoms with Gasteiger partial charge in [0.1, 0.15) is 10.7 Å². The molecule has 0 N–H and O–H groups in total. The third-order valence-corrected chi connectivity index (χ3v) is 4.60. The van der Waals surface area contributed by atoms with E-state index < -0.39 is 15.9 Å². The molecular formula is C17H17FO4S. The van der Waals surface area contributed by atoms with Crippen molar-refractivity contribution in [1.82, 2.24) is 0 Å². The SMILES string of the molecule is C=CCc1ccc(OS(=O)(=O)c2cc(F)ccc2C)c(OC)c1. The normalized spacial score (nSPS) is 11.1. The largest absolute Gasteiger partial charge is 0.493 e. The van der Waals surface area contributed by atoms with Gasteiger partial charge >= 0.3 is 10.1 Å². The van der Waals surface area contributed by atoms with Crippen molar-refractivity contribution in [2.45, 2.75) is 18.2 Å². The molecule has 0 aliphatic heterocycles. The van der Waals surface area contributed by atoms with Gasteiger partial charge in [-0.1, -0.05) is 18.2 Å². The number of methoxy groups -OCH3 is 1. The van der Waals surface area contributed by atoms with E-state index in [-0.39, 0.29) is 16.4 Å². The molecule has 122 valence electrons. The molecule has 0 aromatic heterocycles. The maximum atomic E-state index is 13.3. The first-order chi connectivity index (χ1) is 10.9. The highest BCUT2D eigenvalue weighted by Gasteiger charge is 2.22. The second-order valence-corrected chi connectivity index (χ2v) is 6.44. The van der Waals surface area contributed by atoms with Crippen molar-refractivity contribution in [1.29, 1.82) is 0 Å². The molecular weight excluding hydrogens is 319 g/mol. The Hall–Kier alpha value is -2.34. The Bertz CT molecular complexity index is 828. The minimum atomic E-state index is -4.16. The molecule has 0 bridgehead atoms. The van der Waals surface area contributed by atoms with Crippen LogP contribution < -0.4 is 8.92 Å². The van der Waals surface area contributed by atoms with Gasteiger partial charge in [0.2, 0.25) is 0 Å². The summed E-state index contributed by atoms with van der Waals surface area (Å²) < 4.78 is 48.4. The average molecular weight is 336 g/mol. The summed E-state index contributed by atoms with van der Waals surface area (Å²) in [5, 5.41) is 0. The number of hydrogen-bond acceptors (Lipinski definition) is 4. The van der Waals surface area contributed by atoms with Crippen molar-refractivity contribution in [3.8, 4) is 11.5 Å². The summed E-state index contributed by atoms with van der Waals surface area (Å²) in [5.41, 5.74) is 1.30. The van der Waals surface area contributed by atoms with Gasteiger partial charge in [0, 0.05) is 0 Å². The molecule has 0 fully saturated rings. The highest BCUT2D eigenvalue weighted by atomic mass is 32.2. The molecule has 0 atom stereocenters. The first kappa shape index (κ1) is 17.0. The van der Waals surface area contributed by atoms with Crippen LogP contribution in [0.3, 0.4) is 0 Å². The van der Waals surface area contributed by atoms with Gasteiger partial charge in [-0.25, -0.2) is 4.39 Å². The summed E-state index contributed by atoms with van der Waals surface area (Å²) in [6.07, 6.45) is 2.34. The van der Waals surface area contributed by atoms with Gasteiger partial charge in [0.15, 0.2) is 11.5 Å². The molecule has 0 aliphatic rings. The van der Waals surface area contributed by atoms with Gasteiger partial charge < -0.3 is 8.92 Å². The molecule has 0 heterocycles. The molecule has 0 spiro atoms. The van der Waals surface area contributed by atoms with Crippen LogP contribution in [0.1, 0.15) is 11.1 Å². The summed E-state index contributed by atoms with van der Waals surface area (Å²) in [6, 6.07) is 8.40. The topological polar surface area (TPSA) is 52.6 Å². The second kappa shape index (κ2) is 6.83. The molecule has 0 unspecified atom stereocenters. The lowest BCUT2D eigenvalue weighted by Gasteiger charge is -2.13. The third-order valence-electron chi connectivity index (χ3n) is 3.23. The van der Waals surface area contributed by atoms with E-state index in [0.717, 1.165) is 11.6 Å². The van der Waals surface area contributed by atoms with Gasteiger partial charge in [-0.2, -0.15) is 8.42 Å². The molecule has 0 aliphatic carbocycles. The van der Waals surface area contributed by atoms with Gasteiger partial charge in [0.05, 0.1) is 7.11 Å². The Morgan fingerprint density at radius 3 is 2.57 bits per heavy atom. The summed E-state index contributed by atoms with van der Waals surface area (Å²) in [5.74, 6) is -0.322. The number of halogens is 1. The van der Waals surface area contributed by atoms with Crippen molar-refractivity contribution in [3.05, 3.63) is 66.0 Å². The second-order valence-electron chi connectivity index (χ2n) is 4.93.